The number of aryl methyl sites for hydroxylation is 1. The summed E-state index contributed by atoms with van der Waals surface area (Å²) in [5.41, 5.74) is 2.59. The summed E-state index contributed by atoms with van der Waals surface area (Å²) >= 11 is 6.14. The molecule has 2 aromatic heterocycles. The number of nitrogens with zero attached hydrogens (tertiary/aromatic N) is 2. The lowest BCUT2D eigenvalue weighted by molar-refractivity contribution is 0.0951. The van der Waals surface area contributed by atoms with Crippen LogP contribution in [0.4, 0.5) is 0 Å². The summed E-state index contributed by atoms with van der Waals surface area (Å²) in [5.74, 6) is -1.08. The molecule has 0 aliphatic carbocycles. The zero-order valence-electron chi connectivity index (χ0n) is 13.2. The predicted molar refractivity (Wildman–Crippen MR) is 94.7 cm³/mol. The van der Waals surface area contributed by atoms with Gasteiger partial charge in [-0.2, -0.15) is 5.26 Å². The van der Waals surface area contributed by atoms with Crippen LogP contribution in [0.1, 0.15) is 27.9 Å². The van der Waals surface area contributed by atoms with Gasteiger partial charge >= 0.3 is 0 Å². The third-order valence-corrected chi connectivity index (χ3v) is 4.51. The Morgan fingerprint density at radius 2 is 2.08 bits per heavy atom. The zero-order valence-corrected chi connectivity index (χ0v) is 14.0. The van der Waals surface area contributed by atoms with Gasteiger partial charge in [-0.3, -0.25) is 4.79 Å². The summed E-state index contributed by atoms with van der Waals surface area (Å²) in [7, 11) is 0. The number of nitrogens with one attached hydrogen (secondary N) is 1. The number of rotatable bonds is 3. The minimum atomic E-state index is -1.08. The molecule has 2 heterocycles. The number of para-hydroxylation sites is 3. The van der Waals surface area contributed by atoms with E-state index < -0.39 is 11.7 Å². The third kappa shape index (κ3) is 2.39. The molecular weight excluding hydrogens is 338 g/mol. The number of carbonyl (C=O) groups excluding carboxylic acids is 1. The first-order chi connectivity index (χ1) is 12.1. The Morgan fingerprint density at radius 3 is 2.80 bits per heavy atom. The monoisotopic (exact) mass is 349 g/mol. The average Bonchev–Trinajstić information content (AvgIpc) is 3.18. The molecule has 0 radical (unpaired) electrons. The Kier molecular flexibility index (Phi) is 3.56. The van der Waals surface area contributed by atoms with Gasteiger partial charge in [0.15, 0.2) is 17.3 Å². The van der Waals surface area contributed by atoms with Gasteiger partial charge in [-0.05, 0) is 25.1 Å². The van der Waals surface area contributed by atoms with Crippen LogP contribution in [0.15, 0.2) is 46.9 Å². The highest BCUT2D eigenvalue weighted by molar-refractivity contribution is 6.35. The largest absolute Gasteiger partial charge is 0.451 e. The number of halogens is 1. The summed E-state index contributed by atoms with van der Waals surface area (Å²) in [6.07, 6.45) is 0. The van der Waals surface area contributed by atoms with Crippen LogP contribution in [0, 0.1) is 18.3 Å². The normalized spacial score (nSPS) is 12.4. The van der Waals surface area contributed by atoms with Crippen molar-refractivity contribution in [3.63, 3.8) is 0 Å². The molecule has 0 spiro atoms. The maximum Gasteiger partial charge on any atom is 0.223 e. The van der Waals surface area contributed by atoms with Crippen LogP contribution in [0.2, 0.25) is 5.02 Å². The first-order valence-corrected chi connectivity index (χ1v) is 8.04. The van der Waals surface area contributed by atoms with Crippen LogP contribution in [-0.2, 0) is 0 Å². The van der Waals surface area contributed by atoms with Crippen LogP contribution in [0.3, 0.4) is 0 Å². The van der Waals surface area contributed by atoms with E-state index in [0.717, 1.165) is 10.9 Å². The fourth-order valence-electron chi connectivity index (χ4n) is 2.93. The third-order valence-electron chi connectivity index (χ3n) is 4.21. The van der Waals surface area contributed by atoms with E-state index in [0.29, 0.717) is 27.5 Å². The van der Waals surface area contributed by atoms with Crippen molar-refractivity contribution in [3.8, 4) is 6.07 Å². The second-order valence-corrected chi connectivity index (χ2v) is 6.15. The van der Waals surface area contributed by atoms with Crippen molar-refractivity contribution in [2.45, 2.75) is 12.8 Å². The smallest absolute Gasteiger partial charge is 0.223 e. The summed E-state index contributed by atoms with van der Waals surface area (Å²) in [4.78, 5) is 20.3. The number of nitriles is 1. The van der Waals surface area contributed by atoms with E-state index in [4.69, 9.17) is 16.0 Å². The van der Waals surface area contributed by atoms with Gasteiger partial charge in [0.05, 0.1) is 22.1 Å². The molecule has 4 rings (SSSR count). The molecule has 0 amide bonds. The Balaban J connectivity index is 1.82. The van der Waals surface area contributed by atoms with E-state index in [1.165, 1.54) is 0 Å². The lowest BCUT2D eigenvalue weighted by Crippen LogP contribution is -2.13. The fourth-order valence-corrected chi connectivity index (χ4v) is 3.14. The minimum Gasteiger partial charge on any atom is -0.451 e. The minimum absolute atomic E-state index is 0.134. The quantitative estimate of drug-likeness (QED) is 0.540. The second-order valence-electron chi connectivity index (χ2n) is 5.74. The molecule has 1 N–H and O–H groups in total. The van der Waals surface area contributed by atoms with Crippen LogP contribution in [-0.4, -0.2) is 15.8 Å². The highest BCUT2D eigenvalue weighted by Crippen LogP contribution is 2.33. The van der Waals surface area contributed by atoms with Gasteiger partial charge in [0.25, 0.3) is 0 Å². The van der Waals surface area contributed by atoms with E-state index in [9.17, 15) is 10.1 Å². The number of fused-ring (bicyclic) bond motifs is 2. The van der Waals surface area contributed by atoms with Crippen molar-refractivity contribution < 1.29 is 9.21 Å². The molecule has 4 aromatic rings. The number of hydrogen-bond acceptors (Lipinski definition) is 4. The molecule has 0 bridgehead atoms. The van der Waals surface area contributed by atoms with Crippen molar-refractivity contribution in [3.05, 3.63) is 64.6 Å². The van der Waals surface area contributed by atoms with Gasteiger partial charge < -0.3 is 9.40 Å². The Labute approximate surface area is 147 Å². The summed E-state index contributed by atoms with van der Waals surface area (Å²) < 4.78 is 5.70. The van der Waals surface area contributed by atoms with Gasteiger partial charge in [0.2, 0.25) is 5.78 Å². The number of aromatic nitrogens is 2. The molecule has 6 heteroatoms. The van der Waals surface area contributed by atoms with E-state index in [2.05, 4.69) is 9.97 Å². The van der Waals surface area contributed by atoms with Crippen molar-refractivity contribution in [1.29, 1.82) is 5.26 Å². The summed E-state index contributed by atoms with van der Waals surface area (Å²) in [6, 6.07) is 14.7. The highest BCUT2D eigenvalue weighted by Gasteiger charge is 2.30. The zero-order chi connectivity index (χ0) is 17.6. The Hall–Kier alpha value is -3.10. The lowest BCUT2D eigenvalue weighted by atomic mass is 10.00. The summed E-state index contributed by atoms with van der Waals surface area (Å²) in [6.45, 7) is 1.78. The number of imidazole rings is 1. The van der Waals surface area contributed by atoms with Gasteiger partial charge in [-0.1, -0.05) is 35.9 Å². The molecule has 0 aliphatic rings. The van der Waals surface area contributed by atoms with Crippen molar-refractivity contribution in [2.75, 3.05) is 0 Å². The first kappa shape index (κ1) is 15.4. The predicted octanol–water partition coefficient (Wildman–Crippen LogP) is 4.76. The van der Waals surface area contributed by atoms with Gasteiger partial charge in [0.1, 0.15) is 5.82 Å². The topological polar surface area (TPSA) is 82.7 Å². The van der Waals surface area contributed by atoms with E-state index in [-0.39, 0.29) is 5.76 Å². The van der Waals surface area contributed by atoms with E-state index in [1.54, 1.807) is 19.1 Å². The number of furan rings is 1. The Morgan fingerprint density at radius 1 is 1.28 bits per heavy atom. The number of ketones is 1. The lowest BCUT2D eigenvalue weighted by Gasteiger charge is -2.03. The number of carbonyl (C=O) groups is 1. The standard InChI is InChI=1S/C19H12ClN3O2/c1-10-11-5-4-6-13(20)18(11)25-17(10)16(24)12(9-21)19-22-14-7-2-3-8-15(14)23-19/h2-8,12H,1H3,(H,22,23). The first-order valence-electron chi connectivity index (χ1n) is 7.66. The number of Topliss-reactive ketones (excluding diaryl/α,β-unsaturated/α-hetero) is 1. The van der Waals surface area contributed by atoms with Crippen LogP contribution in [0.25, 0.3) is 22.0 Å². The van der Waals surface area contributed by atoms with E-state index >= 15 is 0 Å². The molecule has 1 atom stereocenters. The van der Waals surface area contributed by atoms with Crippen molar-refractivity contribution >= 4 is 39.4 Å². The van der Waals surface area contributed by atoms with Crippen LogP contribution in [0.5, 0.6) is 0 Å². The van der Waals surface area contributed by atoms with Gasteiger partial charge in [0, 0.05) is 10.9 Å². The molecule has 0 saturated carbocycles. The maximum atomic E-state index is 12.9. The van der Waals surface area contributed by atoms with Crippen molar-refractivity contribution in [1.82, 2.24) is 9.97 Å². The van der Waals surface area contributed by atoms with Crippen LogP contribution >= 0.6 is 11.6 Å². The van der Waals surface area contributed by atoms with Crippen LogP contribution < -0.4 is 0 Å². The molecule has 0 fully saturated rings. The van der Waals surface area contributed by atoms with Crippen molar-refractivity contribution in [2.24, 2.45) is 0 Å². The number of hydrogen-bond donors (Lipinski definition) is 1. The molecule has 0 aliphatic heterocycles. The molecule has 122 valence electrons. The molecule has 1 unspecified atom stereocenters. The van der Waals surface area contributed by atoms with Gasteiger partial charge in [-0.15, -0.1) is 0 Å². The average molecular weight is 350 g/mol. The molecule has 0 saturated heterocycles. The SMILES string of the molecule is Cc1c(C(=O)C(C#N)c2nc3ccccc3[nH]2)oc2c(Cl)cccc12. The molecular formula is C19H12ClN3O2. The fraction of sp³-hybridized carbons (Fsp3) is 0.105. The molecule has 25 heavy (non-hydrogen) atoms. The van der Waals surface area contributed by atoms with E-state index in [1.807, 2.05) is 36.4 Å². The Bertz CT molecular complexity index is 1130. The maximum absolute atomic E-state index is 12.9. The molecule has 5 nitrogen and oxygen atoms in total. The molecule has 2 aromatic carbocycles. The highest BCUT2D eigenvalue weighted by atomic mass is 35.5. The summed E-state index contributed by atoms with van der Waals surface area (Å²) in [5, 5.41) is 10.7. The second kappa shape index (κ2) is 5.76. The number of benzene rings is 2. The van der Waals surface area contributed by atoms with Gasteiger partial charge in [-0.25, -0.2) is 4.98 Å². The number of H-pyrrole nitrogens is 1. The number of aromatic amines is 1.